The summed E-state index contributed by atoms with van der Waals surface area (Å²) in [7, 11) is -3.74. The summed E-state index contributed by atoms with van der Waals surface area (Å²) in [5.74, 6) is 0.0780. The third-order valence-corrected chi connectivity index (χ3v) is 5.46. The number of anilines is 2. The van der Waals surface area contributed by atoms with Crippen LogP contribution in [0.15, 0.2) is 59.5 Å². The Hall–Kier alpha value is -2.93. The standard InChI is InChI=1S/C20H22N4O2S/c1-14-6-4-5-7-17(14)13-21-18-8-10-19(11-9-18)27(25,26)24-20-22-15(2)12-16(3)23-20/h4-12,21H,13H2,1-3H3,(H,22,23,24). The van der Waals surface area contributed by atoms with Gasteiger partial charge >= 0.3 is 0 Å². The van der Waals surface area contributed by atoms with Crippen molar-refractivity contribution in [3.63, 3.8) is 0 Å². The van der Waals surface area contributed by atoms with Crippen LogP contribution in [0.2, 0.25) is 0 Å². The molecule has 2 aromatic carbocycles. The highest BCUT2D eigenvalue weighted by molar-refractivity contribution is 7.92. The zero-order valence-corrected chi connectivity index (χ0v) is 16.3. The summed E-state index contributed by atoms with van der Waals surface area (Å²) in [5.41, 5.74) is 4.66. The molecule has 0 radical (unpaired) electrons. The first-order valence-electron chi connectivity index (χ1n) is 8.57. The summed E-state index contributed by atoms with van der Waals surface area (Å²) in [6.45, 7) is 6.32. The monoisotopic (exact) mass is 382 g/mol. The van der Waals surface area contributed by atoms with Crippen molar-refractivity contribution in [1.82, 2.24) is 9.97 Å². The van der Waals surface area contributed by atoms with Crippen LogP contribution in [-0.2, 0) is 16.6 Å². The second-order valence-corrected chi connectivity index (χ2v) is 8.07. The minimum absolute atomic E-state index is 0.0780. The van der Waals surface area contributed by atoms with E-state index in [1.807, 2.05) is 12.1 Å². The fourth-order valence-corrected chi connectivity index (χ4v) is 3.65. The maximum atomic E-state index is 12.5. The van der Waals surface area contributed by atoms with E-state index >= 15 is 0 Å². The molecular weight excluding hydrogens is 360 g/mol. The van der Waals surface area contributed by atoms with Gasteiger partial charge in [0.25, 0.3) is 10.0 Å². The van der Waals surface area contributed by atoms with E-state index in [0.29, 0.717) is 17.9 Å². The summed E-state index contributed by atoms with van der Waals surface area (Å²) < 4.78 is 27.5. The summed E-state index contributed by atoms with van der Waals surface area (Å²) in [5, 5.41) is 3.31. The van der Waals surface area contributed by atoms with E-state index in [0.717, 1.165) is 5.69 Å². The molecule has 0 aliphatic carbocycles. The third-order valence-electron chi connectivity index (χ3n) is 4.12. The molecule has 1 aromatic heterocycles. The molecule has 0 unspecified atom stereocenters. The van der Waals surface area contributed by atoms with Gasteiger partial charge in [0.15, 0.2) is 0 Å². The average molecular weight is 382 g/mol. The molecule has 0 saturated heterocycles. The van der Waals surface area contributed by atoms with Gasteiger partial charge in [0.05, 0.1) is 4.90 Å². The molecule has 0 saturated carbocycles. The minimum Gasteiger partial charge on any atom is -0.381 e. The smallest absolute Gasteiger partial charge is 0.264 e. The minimum atomic E-state index is -3.74. The highest BCUT2D eigenvalue weighted by atomic mass is 32.2. The van der Waals surface area contributed by atoms with Crippen LogP contribution in [0.5, 0.6) is 0 Å². The predicted molar refractivity (Wildman–Crippen MR) is 107 cm³/mol. The Balaban J connectivity index is 1.71. The molecule has 6 nitrogen and oxygen atoms in total. The molecule has 0 spiro atoms. The van der Waals surface area contributed by atoms with Crippen LogP contribution in [0, 0.1) is 20.8 Å². The Kier molecular flexibility index (Phi) is 5.41. The van der Waals surface area contributed by atoms with Gasteiger partial charge in [-0.2, -0.15) is 0 Å². The van der Waals surface area contributed by atoms with Crippen molar-refractivity contribution in [2.24, 2.45) is 0 Å². The van der Waals surface area contributed by atoms with Gasteiger partial charge in [-0.1, -0.05) is 24.3 Å². The average Bonchev–Trinajstić information content (AvgIpc) is 2.60. The van der Waals surface area contributed by atoms with Gasteiger partial charge in [-0.3, -0.25) is 0 Å². The lowest BCUT2D eigenvalue weighted by Gasteiger charge is -2.11. The number of benzene rings is 2. The summed E-state index contributed by atoms with van der Waals surface area (Å²) in [6.07, 6.45) is 0. The van der Waals surface area contributed by atoms with Crippen molar-refractivity contribution in [2.45, 2.75) is 32.2 Å². The first kappa shape index (κ1) is 18.8. The first-order chi connectivity index (χ1) is 12.8. The Labute approximate surface area is 159 Å². The Bertz CT molecular complexity index is 1030. The molecule has 0 amide bonds. The quantitative estimate of drug-likeness (QED) is 0.677. The topological polar surface area (TPSA) is 84.0 Å². The maximum absolute atomic E-state index is 12.5. The maximum Gasteiger partial charge on any atom is 0.264 e. The van der Waals surface area contributed by atoms with Crippen molar-refractivity contribution in [3.8, 4) is 0 Å². The zero-order chi connectivity index (χ0) is 19.4. The molecule has 7 heteroatoms. The molecule has 0 aliphatic rings. The van der Waals surface area contributed by atoms with Gasteiger partial charge in [-0.25, -0.2) is 23.1 Å². The molecule has 140 valence electrons. The second-order valence-electron chi connectivity index (χ2n) is 6.38. The van der Waals surface area contributed by atoms with E-state index in [4.69, 9.17) is 0 Å². The largest absolute Gasteiger partial charge is 0.381 e. The zero-order valence-electron chi connectivity index (χ0n) is 15.5. The molecular formula is C20H22N4O2S. The van der Waals surface area contributed by atoms with Gasteiger partial charge in [0.2, 0.25) is 5.95 Å². The molecule has 0 fully saturated rings. The van der Waals surface area contributed by atoms with Crippen LogP contribution in [0.4, 0.5) is 11.6 Å². The van der Waals surface area contributed by atoms with E-state index in [-0.39, 0.29) is 10.8 Å². The summed E-state index contributed by atoms with van der Waals surface area (Å²) in [6, 6.07) is 16.5. The Morgan fingerprint density at radius 3 is 2.15 bits per heavy atom. The normalized spacial score (nSPS) is 11.2. The molecule has 3 aromatic rings. The number of sulfonamides is 1. The predicted octanol–water partition coefficient (Wildman–Crippen LogP) is 3.81. The number of nitrogens with one attached hydrogen (secondary N) is 2. The Morgan fingerprint density at radius 1 is 0.889 bits per heavy atom. The lowest BCUT2D eigenvalue weighted by atomic mass is 10.1. The molecule has 3 rings (SSSR count). The van der Waals surface area contributed by atoms with E-state index in [2.05, 4.69) is 39.1 Å². The van der Waals surface area contributed by atoms with Gasteiger partial charge in [-0.15, -0.1) is 0 Å². The van der Waals surface area contributed by atoms with Gasteiger partial charge < -0.3 is 5.32 Å². The number of hydrogen-bond acceptors (Lipinski definition) is 5. The van der Waals surface area contributed by atoms with Crippen molar-refractivity contribution >= 4 is 21.7 Å². The molecule has 0 aliphatic heterocycles. The van der Waals surface area contributed by atoms with Crippen LogP contribution in [0.3, 0.4) is 0 Å². The number of rotatable bonds is 6. The lowest BCUT2D eigenvalue weighted by molar-refractivity contribution is 0.601. The molecule has 0 atom stereocenters. The molecule has 1 heterocycles. The molecule has 27 heavy (non-hydrogen) atoms. The number of aryl methyl sites for hydroxylation is 3. The van der Waals surface area contributed by atoms with Crippen molar-refractivity contribution in [2.75, 3.05) is 10.0 Å². The van der Waals surface area contributed by atoms with Crippen molar-refractivity contribution in [3.05, 3.63) is 77.1 Å². The second kappa shape index (κ2) is 7.75. The highest BCUT2D eigenvalue weighted by Crippen LogP contribution is 2.18. The fraction of sp³-hybridized carbons (Fsp3) is 0.200. The third kappa shape index (κ3) is 4.83. The summed E-state index contributed by atoms with van der Waals surface area (Å²) >= 11 is 0. The SMILES string of the molecule is Cc1cc(C)nc(NS(=O)(=O)c2ccc(NCc3ccccc3C)cc2)n1. The van der Waals surface area contributed by atoms with Crippen molar-refractivity contribution < 1.29 is 8.42 Å². The van der Waals surface area contributed by atoms with E-state index < -0.39 is 10.0 Å². The summed E-state index contributed by atoms with van der Waals surface area (Å²) in [4.78, 5) is 8.40. The van der Waals surface area contributed by atoms with Crippen LogP contribution < -0.4 is 10.0 Å². The van der Waals surface area contributed by atoms with Crippen LogP contribution >= 0.6 is 0 Å². The van der Waals surface area contributed by atoms with Crippen LogP contribution in [0.1, 0.15) is 22.5 Å². The number of nitrogens with zero attached hydrogens (tertiary/aromatic N) is 2. The number of aromatic nitrogens is 2. The van der Waals surface area contributed by atoms with Gasteiger partial charge in [0.1, 0.15) is 0 Å². The van der Waals surface area contributed by atoms with E-state index in [1.165, 1.54) is 11.1 Å². The Morgan fingerprint density at radius 2 is 1.52 bits per heavy atom. The first-order valence-corrected chi connectivity index (χ1v) is 10.1. The number of hydrogen-bond donors (Lipinski definition) is 2. The van der Waals surface area contributed by atoms with Crippen molar-refractivity contribution in [1.29, 1.82) is 0 Å². The fourth-order valence-electron chi connectivity index (χ4n) is 2.71. The lowest BCUT2D eigenvalue weighted by Crippen LogP contribution is -2.15. The van der Waals surface area contributed by atoms with Gasteiger partial charge in [0, 0.05) is 23.6 Å². The van der Waals surface area contributed by atoms with Crippen LogP contribution in [-0.4, -0.2) is 18.4 Å². The van der Waals surface area contributed by atoms with E-state index in [9.17, 15) is 8.42 Å². The van der Waals surface area contributed by atoms with E-state index in [1.54, 1.807) is 44.2 Å². The van der Waals surface area contributed by atoms with Gasteiger partial charge in [-0.05, 0) is 62.2 Å². The van der Waals surface area contributed by atoms with Crippen LogP contribution in [0.25, 0.3) is 0 Å². The highest BCUT2D eigenvalue weighted by Gasteiger charge is 2.16. The molecule has 0 bridgehead atoms. The molecule has 2 N–H and O–H groups in total.